The first-order chi connectivity index (χ1) is 8.13. The predicted octanol–water partition coefficient (Wildman–Crippen LogP) is 3.18. The van der Waals surface area contributed by atoms with E-state index in [-0.39, 0.29) is 16.5 Å². The first-order valence-corrected chi connectivity index (χ1v) is 6.34. The number of rotatable bonds is 2. The lowest BCUT2D eigenvalue weighted by molar-refractivity contribution is 0.0783. The first-order valence-electron chi connectivity index (χ1n) is 5.42. The molecule has 0 bridgehead atoms. The molecule has 1 aromatic rings. The van der Waals surface area contributed by atoms with Gasteiger partial charge < -0.3 is 4.90 Å². The van der Waals surface area contributed by atoms with Crippen molar-refractivity contribution in [3.05, 3.63) is 34.6 Å². The van der Waals surface area contributed by atoms with Crippen molar-refractivity contribution in [2.75, 3.05) is 19.0 Å². The van der Waals surface area contributed by atoms with E-state index >= 15 is 0 Å². The van der Waals surface area contributed by atoms with E-state index in [9.17, 15) is 9.18 Å². The molecule has 2 nitrogen and oxygen atoms in total. The minimum atomic E-state index is -0.645. The minimum Gasteiger partial charge on any atom is -0.338 e. The Hall–Kier alpha value is -0.800. The van der Waals surface area contributed by atoms with Gasteiger partial charge >= 0.3 is 0 Å². The lowest BCUT2D eigenvalue weighted by Gasteiger charge is -2.16. The third kappa shape index (κ3) is 2.55. The van der Waals surface area contributed by atoms with Gasteiger partial charge in [0, 0.05) is 19.0 Å². The molecule has 2 rings (SSSR count). The van der Waals surface area contributed by atoms with Gasteiger partial charge in [-0.1, -0.05) is 17.7 Å². The molecular formula is C12H12Cl2FNO. The largest absolute Gasteiger partial charge is 0.338 e. The van der Waals surface area contributed by atoms with E-state index in [1.165, 1.54) is 12.1 Å². The fraction of sp³-hybridized carbons (Fsp3) is 0.417. The number of hydrogen-bond donors (Lipinski definition) is 0. The third-order valence-electron chi connectivity index (χ3n) is 2.97. The maximum absolute atomic E-state index is 13.7. The maximum atomic E-state index is 13.7. The van der Waals surface area contributed by atoms with Crippen molar-refractivity contribution < 1.29 is 9.18 Å². The summed E-state index contributed by atoms with van der Waals surface area (Å²) in [4.78, 5) is 13.7. The average Bonchev–Trinajstić information content (AvgIpc) is 2.80. The van der Waals surface area contributed by atoms with Gasteiger partial charge in [-0.25, -0.2) is 4.39 Å². The lowest BCUT2D eigenvalue weighted by atomic mass is 10.1. The van der Waals surface area contributed by atoms with Crippen LogP contribution < -0.4 is 0 Å². The molecule has 1 heterocycles. The summed E-state index contributed by atoms with van der Waals surface area (Å²) in [7, 11) is 0. The summed E-state index contributed by atoms with van der Waals surface area (Å²) in [5, 5.41) is -0.0241. The third-order valence-corrected chi connectivity index (χ3v) is 3.70. The van der Waals surface area contributed by atoms with Gasteiger partial charge in [0.2, 0.25) is 0 Å². The van der Waals surface area contributed by atoms with Crippen LogP contribution >= 0.6 is 23.2 Å². The predicted molar refractivity (Wildman–Crippen MR) is 66.1 cm³/mol. The average molecular weight is 276 g/mol. The molecule has 1 aromatic carbocycles. The van der Waals surface area contributed by atoms with E-state index in [0.717, 1.165) is 6.42 Å². The molecule has 0 aromatic heterocycles. The molecule has 0 spiro atoms. The number of nitrogens with zero attached hydrogens (tertiary/aromatic N) is 1. The normalized spacial score (nSPS) is 19.7. The summed E-state index contributed by atoms with van der Waals surface area (Å²) in [6.07, 6.45) is 0.872. The number of carbonyl (C=O) groups is 1. The molecule has 0 saturated carbocycles. The second kappa shape index (κ2) is 5.23. The van der Waals surface area contributed by atoms with Gasteiger partial charge in [-0.3, -0.25) is 4.79 Å². The highest BCUT2D eigenvalue weighted by molar-refractivity contribution is 6.31. The highest BCUT2D eigenvalue weighted by Gasteiger charge is 2.28. The van der Waals surface area contributed by atoms with Gasteiger partial charge in [0.25, 0.3) is 5.91 Å². The molecule has 5 heteroatoms. The van der Waals surface area contributed by atoms with E-state index in [1.807, 2.05) is 0 Å². The summed E-state index contributed by atoms with van der Waals surface area (Å²) in [5.74, 6) is -0.115. The summed E-state index contributed by atoms with van der Waals surface area (Å²) < 4.78 is 13.7. The molecule has 1 saturated heterocycles. The van der Waals surface area contributed by atoms with E-state index in [0.29, 0.717) is 24.9 Å². The number of hydrogen-bond acceptors (Lipinski definition) is 1. The maximum Gasteiger partial charge on any atom is 0.256 e. The molecule has 1 aliphatic rings. The zero-order valence-corrected chi connectivity index (χ0v) is 10.6. The second-order valence-electron chi connectivity index (χ2n) is 4.16. The summed E-state index contributed by atoms with van der Waals surface area (Å²) in [5.41, 5.74) is 0.0349. The molecule has 92 valence electrons. The quantitative estimate of drug-likeness (QED) is 0.760. The smallest absolute Gasteiger partial charge is 0.256 e. The van der Waals surface area contributed by atoms with Crippen molar-refractivity contribution >= 4 is 29.1 Å². The van der Waals surface area contributed by atoms with Crippen molar-refractivity contribution in [2.24, 2.45) is 5.92 Å². The summed E-state index contributed by atoms with van der Waals surface area (Å²) in [6.45, 7) is 1.22. The molecule has 17 heavy (non-hydrogen) atoms. The summed E-state index contributed by atoms with van der Waals surface area (Å²) in [6, 6.07) is 4.46. The van der Waals surface area contributed by atoms with Crippen LogP contribution in [0.4, 0.5) is 4.39 Å². The fourth-order valence-electron chi connectivity index (χ4n) is 1.98. The Morgan fingerprint density at radius 1 is 1.53 bits per heavy atom. The van der Waals surface area contributed by atoms with Crippen LogP contribution in [0, 0.1) is 11.7 Å². The van der Waals surface area contributed by atoms with E-state index in [2.05, 4.69) is 0 Å². The van der Waals surface area contributed by atoms with Crippen LogP contribution in [0.25, 0.3) is 0 Å². The molecule has 1 atom stereocenters. The second-order valence-corrected chi connectivity index (χ2v) is 4.88. The molecule has 1 amide bonds. The van der Waals surface area contributed by atoms with Crippen LogP contribution in [-0.4, -0.2) is 29.8 Å². The Kier molecular flexibility index (Phi) is 3.89. The van der Waals surface area contributed by atoms with E-state index < -0.39 is 5.82 Å². The molecule has 0 radical (unpaired) electrons. The monoisotopic (exact) mass is 275 g/mol. The molecular weight excluding hydrogens is 264 g/mol. The summed E-state index contributed by atoms with van der Waals surface area (Å²) >= 11 is 11.4. The van der Waals surface area contributed by atoms with Gasteiger partial charge in [-0.15, -0.1) is 11.6 Å². The first kappa shape index (κ1) is 12.7. The number of halogens is 3. The number of amides is 1. The highest BCUT2D eigenvalue weighted by atomic mass is 35.5. The Morgan fingerprint density at radius 2 is 2.29 bits per heavy atom. The van der Waals surface area contributed by atoms with Gasteiger partial charge in [0.05, 0.1) is 10.6 Å². The van der Waals surface area contributed by atoms with Crippen molar-refractivity contribution in [1.82, 2.24) is 4.90 Å². The minimum absolute atomic E-state index is 0.0241. The molecule has 0 N–H and O–H groups in total. The van der Waals surface area contributed by atoms with Crippen LogP contribution in [0.3, 0.4) is 0 Å². The van der Waals surface area contributed by atoms with E-state index in [4.69, 9.17) is 23.2 Å². The Labute approximate surface area is 109 Å². The van der Waals surface area contributed by atoms with Crippen LogP contribution in [0.2, 0.25) is 5.02 Å². The van der Waals surface area contributed by atoms with Crippen LogP contribution in [-0.2, 0) is 0 Å². The van der Waals surface area contributed by atoms with Crippen LogP contribution in [0.1, 0.15) is 16.8 Å². The zero-order valence-electron chi connectivity index (χ0n) is 9.13. The molecule has 0 aliphatic carbocycles. The number of benzene rings is 1. The fourth-order valence-corrected chi connectivity index (χ4v) is 2.41. The van der Waals surface area contributed by atoms with Crippen molar-refractivity contribution in [3.8, 4) is 0 Å². The Balaban J connectivity index is 2.18. The SMILES string of the molecule is O=C(c1cccc(Cl)c1F)N1CCC(CCl)C1. The van der Waals surface area contributed by atoms with Crippen molar-refractivity contribution in [2.45, 2.75) is 6.42 Å². The number of likely N-dealkylation sites (tertiary alicyclic amines) is 1. The molecule has 1 unspecified atom stereocenters. The topological polar surface area (TPSA) is 20.3 Å². The van der Waals surface area contributed by atoms with Gasteiger partial charge in [-0.05, 0) is 24.5 Å². The van der Waals surface area contributed by atoms with Crippen LogP contribution in [0.5, 0.6) is 0 Å². The Bertz CT molecular complexity index is 439. The van der Waals surface area contributed by atoms with Gasteiger partial charge in [0.15, 0.2) is 5.82 Å². The lowest BCUT2D eigenvalue weighted by Crippen LogP contribution is -2.29. The highest BCUT2D eigenvalue weighted by Crippen LogP contribution is 2.23. The van der Waals surface area contributed by atoms with Gasteiger partial charge in [0.1, 0.15) is 0 Å². The van der Waals surface area contributed by atoms with Crippen molar-refractivity contribution in [1.29, 1.82) is 0 Å². The number of alkyl halides is 1. The Morgan fingerprint density at radius 3 is 2.94 bits per heavy atom. The standard InChI is InChI=1S/C12H12Cl2FNO/c13-6-8-4-5-16(7-8)12(17)9-2-1-3-10(14)11(9)15/h1-3,8H,4-7H2. The zero-order chi connectivity index (χ0) is 12.4. The van der Waals surface area contributed by atoms with Crippen LogP contribution in [0.15, 0.2) is 18.2 Å². The number of carbonyl (C=O) groups excluding carboxylic acids is 1. The van der Waals surface area contributed by atoms with Gasteiger partial charge in [-0.2, -0.15) is 0 Å². The molecule has 1 fully saturated rings. The van der Waals surface area contributed by atoms with Crippen molar-refractivity contribution in [3.63, 3.8) is 0 Å². The molecule has 1 aliphatic heterocycles. The van der Waals surface area contributed by atoms with E-state index in [1.54, 1.807) is 11.0 Å².